The van der Waals surface area contributed by atoms with Crippen LogP contribution in [0, 0.1) is 10.1 Å². The molecule has 184 valence electrons. The average Bonchev–Trinajstić information content (AvgIpc) is 2.99. The highest BCUT2D eigenvalue weighted by Gasteiger charge is 2.33. The van der Waals surface area contributed by atoms with E-state index < -0.39 is 22.4 Å². The molecule has 0 atom stereocenters. The van der Waals surface area contributed by atoms with Crippen molar-refractivity contribution >= 4 is 23.2 Å². The van der Waals surface area contributed by atoms with E-state index in [-0.39, 0.29) is 30.5 Å². The van der Waals surface area contributed by atoms with Crippen LogP contribution in [0.5, 0.6) is 0 Å². The second-order valence-corrected chi connectivity index (χ2v) is 7.74. The van der Waals surface area contributed by atoms with E-state index in [9.17, 15) is 32.9 Å². The van der Waals surface area contributed by atoms with E-state index in [0.717, 1.165) is 18.6 Å². The minimum atomic E-state index is -4.68. The zero-order chi connectivity index (χ0) is 24.6. The minimum absolute atomic E-state index is 0.0382. The number of nitrogens with zero attached hydrogens (tertiary/aromatic N) is 4. The number of carbonyl (C=O) groups excluding carboxylic acids is 2. The fourth-order valence-electron chi connectivity index (χ4n) is 3.72. The number of likely N-dealkylation sites (N-methyl/N-ethyl adjacent to an activating group) is 1. The molecule has 1 saturated heterocycles. The number of alkyl halides is 3. The topological polar surface area (TPSA) is 99.0 Å². The molecule has 0 spiro atoms. The highest BCUT2D eigenvalue weighted by atomic mass is 19.4. The van der Waals surface area contributed by atoms with Gasteiger partial charge < -0.3 is 15.1 Å². The molecule has 1 heterocycles. The Bertz CT molecular complexity index is 846. The van der Waals surface area contributed by atoms with Gasteiger partial charge in [0.25, 0.3) is 5.69 Å². The van der Waals surface area contributed by atoms with Crippen LogP contribution in [0.2, 0.25) is 0 Å². The summed E-state index contributed by atoms with van der Waals surface area (Å²) < 4.78 is 38.4. The molecule has 0 bridgehead atoms. The number of carbonyl (C=O) groups is 2. The van der Waals surface area contributed by atoms with Gasteiger partial charge in [0.2, 0.25) is 11.8 Å². The van der Waals surface area contributed by atoms with Crippen LogP contribution in [0.3, 0.4) is 0 Å². The molecule has 0 unspecified atom stereocenters. The molecule has 0 saturated carbocycles. The molecule has 1 fully saturated rings. The molecule has 1 aromatic carbocycles. The Kier molecular flexibility index (Phi) is 9.44. The van der Waals surface area contributed by atoms with Crippen molar-refractivity contribution in [1.82, 2.24) is 14.7 Å². The van der Waals surface area contributed by atoms with Crippen molar-refractivity contribution < 1.29 is 27.7 Å². The van der Waals surface area contributed by atoms with E-state index in [2.05, 4.69) is 5.32 Å². The third-order valence-electron chi connectivity index (χ3n) is 5.59. The Hall–Kier alpha value is -2.89. The molecule has 0 radical (unpaired) electrons. The number of nitro groups is 1. The highest BCUT2D eigenvalue weighted by Crippen LogP contribution is 2.34. The third kappa shape index (κ3) is 7.58. The quantitative estimate of drug-likeness (QED) is 0.438. The van der Waals surface area contributed by atoms with Gasteiger partial charge in [0.1, 0.15) is 5.69 Å². The van der Waals surface area contributed by atoms with Gasteiger partial charge in [-0.3, -0.25) is 24.6 Å². The zero-order valence-corrected chi connectivity index (χ0v) is 18.9. The van der Waals surface area contributed by atoms with Crippen LogP contribution < -0.4 is 5.32 Å². The molecule has 2 amide bonds. The first-order chi connectivity index (χ1) is 15.6. The normalized spacial score (nSPS) is 15.1. The van der Waals surface area contributed by atoms with Crippen LogP contribution in [0.25, 0.3) is 0 Å². The third-order valence-corrected chi connectivity index (χ3v) is 5.59. The summed E-state index contributed by atoms with van der Waals surface area (Å²) in [6.45, 7) is 7.78. The van der Waals surface area contributed by atoms with Gasteiger partial charge in [0.05, 0.1) is 17.0 Å². The lowest BCUT2D eigenvalue weighted by molar-refractivity contribution is -0.384. The number of hydrogen-bond acceptors (Lipinski definition) is 6. The number of hydrogen-bond donors (Lipinski definition) is 1. The molecule has 0 aromatic heterocycles. The summed E-state index contributed by atoms with van der Waals surface area (Å²) in [5.41, 5.74) is -1.87. The van der Waals surface area contributed by atoms with E-state index >= 15 is 0 Å². The van der Waals surface area contributed by atoms with Crippen LogP contribution in [0.4, 0.5) is 24.5 Å². The molecule has 1 aliphatic heterocycles. The highest BCUT2D eigenvalue weighted by molar-refractivity contribution is 5.78. The van der Waals surface area contributed by atoms with Gasteiger partial charge in [-0.05, 0) is 32.4 Å². The van der Waals surface area contributed by atoms with Crippen molar-refractivity contribution in [3.63, 3.8) is 0 Å². The Labute approximate surface area is 190 Å². The van der Waals surface area contributed by atoms with Crippen molar-refractivity contribution in [2.24, 2.45) is 0 Å². The summed E-state index contributed by atoms with van der Waals surface area (Å²) in [6.07, 6.45) is -3.93. The van der Waals surface area contributed by atoms with Crippen molar-refractivity contribution in [2.75, 3.05) is 57.7 Å². The summed E-state index contributed by atoms with van der Waals surface area (Å²) in [5.74, 6) is -0.101. The van der Waals surface area contributed by atoms with Gasteiger partial charge in [-0.15, -0.1) is 0 Å². The summed E-state index contributed by atoms with van der Waals surface area (Å²) in [5, 5.41) is 13.9. The van der Waals surface area contributed by atoms with Gasteiger partial charge in [-0.2, -0.15) is 13.2 Å². The van der Waals surface area contributed by atoms with E-state index in [1.807, 2.05) is 18.7 Å². The fraction of sp³-hybridized carbons (Fsp3) is 0.619. The molecule has 12 heteroatoms. The number of nitrogens with one attached hydrogen (secondary N) is 1. The largest absolute Gasteiger partial charge is 0.416 e. The monoisotopic (exact) mass is 473 g/mol. The van der Waals surface area contributed by atoms with Crippen LogP contribution in [0.15, 0.2) is 18.2 Å². The average molecular weight is 473 g/mol. The molecule has 33 heavy (non-hydrogen) atoms. The number of amides is 2. The van der Waals surface area contributed by atoms with E-state index in [1.54, 1.807) is 9.80 Å². The first-order valence-corrected chi connectivity index (χ1v) is 10.9. The maximum atomic E-state index is 12.8. The molecule has 9 nitrogen and oxygen atoms in total. The SMILES string of the molecule is CCN(CC)C(=O)CN1CCCN(C(=O)CCNc2ccc(C(F)(F)F)cc2[N+](=O)[O-])CC1. The maximum absolute atomic E-state index is 12.8. The molecular formula is C21H30F3N5O4. The van der Waals surface area contributed by atoms with Gasteiger partial charge in [-0.1, -0.05) is 0 Å². The van der Waals surface area contributed by atoms with Gasteiger partial charge in [-0.25, -0.2) is 0 Å². The number of anilines is 1. The van der Waals surface area contributed by atoms with Crippen LogP contribution in [-0.4, -0.2) is 83.8 Å². The summed E-state index contributed by atoms with van der Waals surface area (Å²) >= 11 is 0. The van der Waals surface area contributed by atoms with Gasteiger partial charge in [0.15, 0.2) is 0 Å². The van der Waals surface area contributed by atoms with Crippen LogP contribution >= 0.6 is 0 Å². The lowest BCUT2D eigenvalue weighted by atomic mass is 10.1. The molecule has 1 N–H and O–H groups in total. The lowest BCUT2D eigenvalue weighted by Crippen LogP contribution is -2.42. The molecule has 1 aromatic rings. The zero-order valence-electron chi connectivity index (χ0n) is 18.9. The minimum Gasteiger partial charge on any atom is -0.379 e. The molecule has 0 aliphatic carbocycles. The molecular weight excluding hydrogens is 443 g/mol. The van der Waals surface area contributed by atoms with Crippen molar-refractivity contribution in [3.8, 4) is 0 Å². The predicted octanol–water partition coefficient (Wildman–Crippen LogP) is 2.82. The van der Waals surface area contributed by atoms with E-state index in [4.69, 9.17) is 0 Å². The maximum Gasteiger partial charge on any atom is 0.416 e. The van der Waals surface area contributed by atoms with Gasteiger partial charge >= 0.3 is 6.18 Å². The number of nitro benzene ring substituents is 1. The Morgan fingerprint density at radius 1 is 1.15 bits per heavy atom. The number of halogens is 3. The van der Waals surface area contributed by atoms with Gasteiger partial charge in [0, 0.05) is 58.3 Å². The second kappa shape index (κ2) is 11.8. The lowest BCUT2D eigenvalue weighted by Gasteiger charge is -2.25. The molecule has 1 aliphatic rings. The summed E-state index contributed by atoms with van der Waals surface area (Å²) in [7, 11) is 0. The van der Waals surface area contributed by atoms with Crippen LogP contribution in [-0.2, 0) is 15.8 Å². The number of rotatable bonds is 9. The predicted molar refractivity (Wildman–Crippen MR) is 117 cm³/mol. The van der Waals surface area contributed by atoms with Crippen LogP contribution in [0.1, 0.15) is 32.3 Å². The van der Waals surface area contributed by atoms with Crippen molar-refractivity contribution in [3.05, 3.63) is 33.9 Å². The van der Waals surface area contributed by atoms with Crippen molar-refractivity contribution in [1.29, 1.82) is 0 Å². The van der Waals surface area contributed by atoms with E-state index in [0.29, 0.717) is 51.9 Å². The summed E-state index contributed by atoms with van der Waals surface area (Å²) in [6, 6.07) is 2.25. The Balaban J connectivity index is 1.88. The second-order valence-electron chi connectivity index (χ2n) is 7.74. The standard InChI is InChI=1S/C21H30F3N5O4/c1-3-27(4-2)20(31)15-26-10-5-11-28(13-12-26)19(30)8-9-25-17-7-6-16(21(22,23)24)14-18(17)29(32)33/h6-7,14,25H,3-5,8-13,15H2,1-2H3. The fourth-order valence-corrected chi connectivity index (χ4v) is 3.72. The first kappa shape index (κ1) is 26.4. The number of benzene rings is 1. The Morgan fingerprint density at radius 3 is 2.45 bits per heavy atom. The van der Waals surface area contributed by atoms with Crippen molar-refractivity contribution in [2.45, 2.75) is 32.9 Å². The molecule has 2 rings (SSSR count). The van der Waals surface area contributed by atoms with E-state index in [1.165, 1.54) is 0 Å². The Morgan fingerprint density at radius 2 is 1.85 bits per heavy atom. The summed E-state index contributed by atoms with van der Waals surface area (Å²) in [4.78, 5) is 40.6. The first-order valence-electron chi connectivity index (χ1n) is 10.9. The smallest absolute Gasteiger partial charge is 0.379 e.